The summed E-state index contributed by atoms with van der Waals surface area (Å²) < 4.78 is 0. The zero-order chi connectivity index (χ0) is 12.2. The predicted octanol–water partition coefficient (Wildman–Crippen LogP) is 3.44. The predicted molar refractivity (Wildman–Crippen MR) is 72.1 cm³/mol. The minimum Gasteiger partial charge on any atom is -0.385 e. The van der Waals surface area contributed by atoms with Crippen LogP contribution >= 0.6 is 11.6 Å². The lowest BCUT2D eigenvalue weighted by molar-refractivity contribution is 0.358. The highest BCUT2D eigenvalue weighted by atomic mass is 35.5. The molecule has 1 aromatic rings. The Kier molecular flexibility index (Phi) is 4.63. The van der Waals surface area contributed by atoms with Crippen molar-refractivity contribution >= 4 is 17.3 Å². The van der Waals surface area contributed by atoms with Gasteiger partial charge in [0.1, 0.15) is 0 Å². The van der Waals surface area contributed by atoms with E-state index in [1.165, 1.54) is 0 Å². The summed E-state index contributed by atoms with van der Waals surface area (Å²) in [6.07, 6.45) is 1.05. The van der Waals surface area contributed by atoms with Gasteiger partial charge in [-0.2, -0.15) is 0 Å². The number of anilines is 1. The molecule has 0 saturated heterocycles. The standard InChI is InChI=1S/C13H21ClN2/c1-10-4-5-11(8-12(10)14)16-7-6-13(2,3)9-15/h4-5,8,16H,6-7,9,15H2,1-3H3. The Bertz CT molecular complexity index is 348. The van der Waals surface area contributed by atoms with E-state index in [1.807, 2.05) is 19.1 Å². The van der Waals surface area contributed by atoms with Crippen LogP contribution in [-0.2, 0) is 0 Å². The van der Waals surface area contributed by atoms with E-state index in [0.717, 1.165) is 29.2 Å². The lowest BCUT2D eigenvalue weighted by atomic mass is 9.90. The molecular weight excluding hydrogens is 220 g/mol. The molecule has 0 spiro atoms. The van der Waals surface area contributed by atoms with Crippen LogP contribution in [0.3, 0.4) is 0 Å². The largest absolute Gasteiger partial charge is 0.385 e. The second-order valence-corrected chi connectivity index (χ2v) is 5.42. The second kappa shape index (κ2) is 5.55. The minimum atomic E-state index is 0.196. The number of nitrogens with two attached hydrogens (primary N) is 1. The maximum absolute atomic E-state index is 6.05. The molecule has 0 fully saturated rings. The highest BCUT2D eigenvalue weighted by molar-refractivity contribution is 6.31. The summed E-state index contributed by atoms with van der Waals surface area (Å²) in [6.45, 7) is 7.99. The number of nitrogens with one attached hydrogen (secondary N) is 1. The molecular formula is C13H21ClN2. The fourth-order valence-electron chi connectivity index (χ4n) is 1.35. The van der Waals surface area contributed by atoms with E-state index in [4.69, 9.17) is 17.3 Å². The molecule has 0 atom stereocenters. The van der Waals surface area contributed by atoms with E-state index >= 15 is 0 Å². The first-order valence-corrected chi connectivity index (χ1v) is 6.02. The molecule has 0 bridgehead atoms. The van der Waals surface area contributed by atoms with Crippen molar-refractivity contribution in [2.45, 2.75) is 27.2 Å². The molecule has 3 N–H and O–H groups in total. The van der Waals surface area contributed by atoms with E-state index in [0.29, 0.717) is 6.54 Å². The second-order valence-electron chi connectivity index (χ2n) is 5.01. The Morgan fingerprint density at radius 3 is 2.62 bits per heavy atom. The van der Waals surface area contributed by atoms with Crippen molar-refractivity contribution in [2.75, 3.05) is 18.4 Å². The third-order valence-corrected chi connectivity index (χ3v) is 3.26. The van der Waals surface area contributed by atoms with Crippen LogP contribution in [0.25, 0.3) is 0 Å². The monoisotopic (exact) mass is 240 g/mol. The maximum atomic E-state index is 6.05. The van der Waals surface area contributed by atoms with Gasteiger partial charge in [-0.05, 0) is 43.0 Å². The van der Waals surface area contributed by atoms with Gasteiger partial charge >= 0.3 is 0 Å². The quantitative estimate of drug-likeness (QED) is 0.828. The molecule has 0 aliphatic rings. The highest BCUT2D eigenvalue weighted by Crippen LogP contribution is 2.21. The van der Waals surface area contributed by atoms with Crippen LogP contribution in [0, 0.1) is 12.3 Å². The summed E-state index contributed by atoms with van der Waals surface area (Å²) in [4.78, 5) is 0. The molecule has 0 aromatic heterocycles. The Morgan fingerprint density at radius 2 is 2.06 bits per heavy atom. The average Bonchev–Trinajstić information content (AvgIpc) is 2.23. The lowest BCUT2D eigenvalue weighted by Gasteiger charge is -2.22. The lowest BCUT2D eigenvalue weighted by Crippen LogP contribution is -2.26. The summed E-state index contributed by atoms with van der Waals surface area (Å²) in [5.41, 5.74) is 8.06. The van der Waals surface area contributed by atoms with Crippen LogP contribution in [0.4, 0.5) is 5.69 Å². The van der Waals surface area contributed by atoms with Crippen molar-refractivity contribution in [1.29, 1.82) is 0 Å². The molecule has 1 aromatic carbocycles. The topological polar surface area (TPSA) is 38.0 Å². The van der Waals surface area contributed by atoms with Gasteiger partial charge in [0.2, 0.25) is 0 Å². The number of aryl methyl sites for hydroxylation is 1. The Morgan fingerprint density at radius 1 is 1.38 bits per heavy atom. The Balaban J connectivity index is 2.46. The average molecular weight is 241 g/mol. The van der Waals surface area contributed by atoms with Gasteiger partial charge in [0, 0.05) is 17.3 Å². The fraction of sp³-hybridized carbons (Fsp3) is 0.538. The van der Waals surface area contributed by atoms with Crippen molar-refractivity contribution in [1.82, 2.24) is 0 Å². The van der Waals surface area contributed by atoms with Crippen LogP contribution in [0.15, 0.2) is 18.2 Å². The summed E-state index contributed by atoms with van der Waals surface area (Å²) in [5.74, 6) is 0. The SMILES string of the molecule is Cc1ccc(NCCC(C)(C)CN)cc1Cl. The number of hydrogen-bond donors (Lipinski definition) is 2. The molecule has 0 aliphatic carbocycles. The maximum Gasteiger partial charge on any atom is 0.0455 e. The van der Waals surface area contributed by atoms with E-state index in [1.54, 1.807) is 0 Å². The van der Waals surface area contributed by atoms with Crippen molar-refractivity contribution in [3.8, 4) is 0 Å². The van der Waals surface area contributed by atoms with Crippen LogP contribution in [0.2, 0.25) is 5.02 Å². The van der Waals surface area contributed by atoms with E-state index in [2.05, 4.69) is 25.2 Å². The first-order valence-electron chi connectivity index (χ1n) is 5.65. The van der Waals surface area contributed by atoms with Gasteiger partial charge in [0.05, 0.1) is 0 Å². The van der Waals surface area contributed by atoms with Crippen molar-refractivity contribution in [2.24, 2.45) is 11.1 Å². The zero-order valence-corrected chi connectivity index (χ0v) is 11.1. The smallest absolute Gasteiger partial charge is 0.0455 e. The van der Waals surface area contributed by atoms with E-state index in [-0.39, 0.29) is 5.41 Å². The highest BCUT2D eigenvalue weighted by Gasteiger charge is 2.14. The number of benzene rings is 1. The van der Waals surface area contributed by atoms with Gasteiger partial charge in [0.25, 0.3) is 0 Å². The molecule has 2 nitrogen and oxygen atoms in total. The molecule has 1 rings (SSSR count). The van der Waals surface area contributed by atoms with Crippen LogP contribution < -0.4 is 11.1 Å². The van der Waals surface area contributed by atoms with E-state index in [9.17, 15) is 0 Å². The molecule has 0 aliphatic heterocycles. The van der Waals surface area contributed by atoms with Crippen molar-refractivity contribution in [3.63, 3.8) is 0 Å². The van der Waals surface area contributed by atoms with E-state index < -0.39 is 0 Å². The normalized spacial score (nSPS) is 11.6. The minimum absolute atomic E-state index is 0.196. The van der Waals surface area contributed by atoms with Crippen molar-refractivity contribution in [3.05, 3.63) is 28.8 Å². The number of halogens is 1. The molecule has 16 heavy (non-hydrogen) atoms. The third-order valence-electron chi connectivity index (χ3n) is 2.86. The van der Waals surface area contributed by atoms with Crippen LogP contribution in [0.1, 0.15) is 25.8 Å². The Hall–Kier alpha value is -0.730. The number of hydrogen-bond acceptors (Lipinski definition) is 2. The summed E-state index contributed by atoms with van der Waals surface area (Å²) in [7, 11) is 0. The van der Waals surface area contributed by atoms with Crippen LogP contribution in [0.5, 0.6) is 0 Å². The molecule has 0 amide bonds. The molecule has 0 saturated carbocycles. The summed E-state index contributed by atoms with van der Waals surface area (Å²) in [6, 6.07) is 6.04. The van der Waals surface area contributed by atoms with Gasteiger partial charge < -0.3 is 11.1 Å². The van der Waals surface area contributed by atoms with Gasteiger partial charge in [-0.1, -0.05) is 31.5 Å². The fourth-order valence-corrected chi connectivity index (χ4v) is 1.53. The Labute approximate surface area is 103 Å². The first-order chi connectivity index (χ1) is 7.44. The van der Waals surface area contributed by atoms with Crippen molar-refractivity contribution < 1.29 is 0 Å². The van der Waals surface area contributed by atoms with Crippen LogP contribution in [-0.4, -0.2) is 13.1 Å². The molecule has 0 heterocycles. The van der Waals surface area contributed by atoms with Gasteiger partial charge in [0.15, 0.2) is 0 Å². The van der Waals surface area contributed by atoms with Gasteiger partial charge in [-0.3, -0.25) is 0 Å². The zero-order valence-electron chi connectivity index (χ0n) is 10.3. The van der Waals surface area contributed by atoms with Gasteiger partial charge in [-0.15, -0.1) is 0 Å². The number of rotatable bonds is 5. The molecule has 0 radical (unpaired) electrons. The first kappa shape index (κ1) is 13.3. The third kappa shape index (κ3) is 4.03. The summed E-state index contributed by atoms with van der Waals surface area (Å²) >= 11 is 6.05. The van der Waals surface area contributed by atoms with Gasteiger partial charge in [-0.25, -0.2) is 0 Å². The summed E-state index contributed by atoms with van der Waals surface area (Å²) in [5, 5.41) is 4.17. The molecule has 90 valence electrons. The molecule has 0 unspecified atom stereocenters. The molecule has 3 heteroatoms.